The Balaban J connectivity index is 2.20. The van der Waals surface area contributed by atoms with Crippen molar-refractivity contribution in [3.63, 3.8) is 0 Å². The van der Waals surface area contributed by atoms with Gasteiger partial charge in [0.1, 0.15) is 5.75 Å². The highest BCUT2D eigenvalue weighted by atomic mass is 79.9. The molecule has 0 aliphatic carbocycles. The summed E-state index contributed by atoms with van der Waals surface area (Å²) in [6.45, 7) is 1.76. The second-order valence-corrected chi connectivity index (χ2v) is 5.76. The van der Waals surface area contributed by atoms with Crippen molar-refractivity contribution in [2.75, 3.05) is 0 Å². The monoisotopic (exact) mass is 333 g/mol. The molecule has 1 aromatic heterocycles. The van der Waals surface area contributed by atoms with E-state index in [1.165, 1.54) is 0 Å². The molecule has 102 valence electrons. The van der Waals surface area contributed by atoms with Gasteiger partial charge < -0.3 is 9.72 Å². The Hall–Kier alpha value is -1.88. The second kappa shape index (κ2) is 4.90. The fourth-order valence-electron chi connectivity index (χ4n) is 2.52. The highest BCUT2D eigenvalue weighted by molar-refractivity contribution is 9.10. The van der Waals surface area contributed by atoms with Crippen molar-refractivity contribution in [3.8, 4) is 5.75 Å². The lowest BCUT2D eigenvalue weighted by molar-refractivity contribution is -0.135. The number of fused-ring (bicyclic) bond motifs is 1. The van der Waals surface area contributed by atoms with Gasteiger partial charge in [-0.25, -0.2) is 0 Å². The molecule has 1 atom stereocenters. The zero-order valence-corrected chi connectivity index (χ0v) is 12.4. The number of aromatic nitrogens is 1. The Morgan fingerprint density at radius 2 is 2.10 bits per heavy atom. The van der Waals surface area contributed by atoms with Gasteiger partial charge in [-0.2, -0.15) is 0 Å². The van der Waals surface area contributed by atoms with Crippen LogP contribution >= 0.6 is 15.9 Å². The van der Waals surface area contributed by atoms with Gasteiger partial charge in [0.15, 0.2) is 0 Å². The first-order chi connectivity index (χ1) is 9.54. The zero-order chi connectivity index (χ0) is 14.3. The van der Waals surface area contributed by atoms with Crippen LogP contribution < -0.4 is 10.3 Å². The number of aromatic amines is 1. The third-order valence-corrected chi connectivity index (χ3v) is 3.86. The summed E-state index contributed by atoms with van der Waals surface area (Å²) < 4.78 is 6.12. The van der Waals surface area contributed by atoms with Crippen LogP contribution in [0.3, 0.4) is 0 Å². The molecule has 1 N–H and O–H groups in total. The van der Waals surface area contributed by atoms with Crippen molar-refractivity contribution < 1.29 is 9.53 Å². The molecule has 5 heteroatoms. The molecule has 0 saturated heterocycles. The molecule has 2 heterocycles. The first-order valence-corrected chi connectivity index (χ1v) is 7.04. The van der Waals surface area contributed by atoms with E-state index in [0.717, 1.165) is 10.0 Å². The lowest BCUT2D eigenvalue weighted by Crippen LogP contribution is -2.28. The fourth-order valence-corrected chi connectivity index (χ4v) is 2.94. The molecule has 1 aliphatic heterocycles. The minimum atomic E-state index is -0.313. The molecule has 0 amide bonds. The van der Waals surface area contributed by atoms with Gasteiger partial charge in [-0.1, -0.05) is 28.1 Å². The van der Waals surface area contributed by atoms with Crippen molar-refractivity contribution in [1.29, 1.82) is 0 Å². The molecule has 1 aliphatic rings. The summed E-state index contributed by atoms with van der Waals surface area (Å²) in [7, 11) is 0. The van der Waals surface area contributed by atoms with E-state index in [2.05, 4.69) is 20.9 Å². The van der Waals surface area contributed by atoms with Crippen LogP contribution in [0.5, 0.6) is 5.75 Å². The first-order valence-electron chi connectivity index (χ1n) is 6.24. The molecule has 0 unspecified atom stereocenters. The number of esters is 1. The van der Waals surface area contributed by atoms with Crippen molar-refractivity contribution in [2.45, 2.75) is 19.3 Å². The lowest BCUT2D eigenvalue weighted by atomic mass is 9.87. The summed E-state index contributed by atoms with van der Waals surface area (Å²) in [5, 5.41) is 0. The fraction of sp³-hybridized carbons (Fsp3) is 0.200. The number of H-pyrrole nitrogens is 1. The van der Waals surface area contributed by atoms with Gasteiger partial charge in [-0.3, -0.25) is 9.59 Å². The van der Waals surface area contributed by atoms with Crippen LogP contribution in [0, 0.1) is 6.92 Å². The summed E-state index contributed by atoms with van der Waals surface area (Å²) in [6, 6.07) is 9.33. The van der Waals surface area contributed by atoms with Crippen molar-refractivity contribution in [1.82, 2.24) is 4.98 Å². The van der Waals surface area contributed by atoms with E-state index in [1.54, 1.807) is 13.0 Å². The van der Waals surface area contributed by atoms with Crippen LogP contribution in [0.25, 0.3) is 0 Å². The van der Waals surface area contributed by atoms with Crippen LogP contribution in [0.4, 0.5) is 0 Å². The van der Waals surface area contributed by atoms with E-state index in [9.17, 15) is 9.59 Å². The molecule has 0 spiro atoms. The van der Waals surface area contributed by atoms with Crippen LogP contribution in [0.15, 0.2) is 39.6 Å². The van der Waals surface area contributed by atoms with Crippen molar-refractivity contribution >= 4 is 21.9 Å². The number of carbonyl (C=O) groups is 1. The quantitative estimate of drug-likeness (QED) is 0.816. The highest BCUT2D eigenvalue weighted by Gasteiger charge is 2.31. The van der Waals surface area contributed by atoms with Gasteiger partial charge >= 0.3 is 5.97 Å². The minimum Gasteiger partial charge on any atom is -0.426 e. The predicted molar refractivity (Wildman–Crippen MR) is 78.0 cm³/mol. The molecule has 2 aromatic rings. The third-order valence-electron chi connectivity index (χ3n) is 3.36. The van der Waals surface area contributed by atoms with Gasteiger partial charge in [0.2, 0.25) is 0 Å². The van der Waals surface area contributed by atoms with E-state index in [0.29, 0.717) is 17.0 Å². The molecule has 0 fully saturated rings. The molecular weight excluding hydrogens is 322 g/mol. The van der Waals surface area contributed by atoms with Gasteiger partial charge in [0.25, 0.3) is 5.56 Å². The van der Waals surface area contributed by atoms with Gasteiger partial charge in [0.05, 0.1) is 12.0 Å². The number of rotatable bonds is 1. The molecule has 4 nitrogen and oxygen atoms in total. The topological polar surface area (TPSA) is 59.2 Å². The second-order valence-electron chi connectivity index (χ2n) is 4.85. The number of pyridine rings is 1. The Morgan fingerprint density at radius 1 is 1.30 bits per heavy atom. The highest BCUT2D eigenvalue weighted by Crippen LogP contribution is 2.37. The average Bonchev–Trinajstić information content (AvgIpc) is 2.36. The van der Waals surface area contributed by atoms with Crippen molar-refractivity contribution in [2.24, 2.45) is 0 Å². The number of nitrogens with one attached hydrogen (secondary N) is 1. The number of hydrogen-bond donors (Lipinski definition) is 1. The van der Waals surface area contributed by atoms with Crippen LogP contribution in [-0.2, 0) is 4.79 Å². The number of benzene rings is 1. The maximum atomic E-state index is 12.2. The Labute approximate surface area is 123 Å². The summed E-state index contributed by atoms with van der Waals surface area (Å²) >= 11 is 3.41. The Kier molecular flexibility index (Phi) is 3.22. The SMILES string of the molecule is Cc1cc2c(c(=O)[nH]1)[C@@H](c1cccc(Br)c1)CC(=O)O2. The van der Waals surface area contributed by atoms with E-state index in [1.807, 2.05) is 24.3 Å². The van der Waals surface area contributed by atoms with Crippen LogP contribution in [-0.4, -0.2) is 11.0 Å². The number of halogens is 1. The van der Waals surface area contributed by atoms with Crippen molar-refractivity contribution in [3.05, 3.63) is 62.0 Å². The normalized spacial score (nSPS) is 17.5. The molecule has 0 radical (unpaired) electrons. The largest absolute Gasteiger partial charge is 0.426 e. The molecule has 0 saturated carbocycles. The Morgan fingerprint density at radius 3 is 2.85 bits per heavy atom. The maximum Gasteiger partial charge on any atom is 0.312 e. The lowest BCUT2D eigenvalue weighted by Gasteiger charge is -2.24. The summed E-state index contributed by atoms with van der Waals surface area (Å²) in [4.78, 5) is 26.7. The first kappa shape index (κ1) is 13.1. The number of carbonyl (C=O) groups excluding carboxylic acids is 1. The van der Waals surface area contributed by atoms with E-state index >= 15 is 0 Å². The standard InChI is InChI=1S/C15H12BrNO3/c1-8-5-12-14(15(19)17-8)11(7-13(18)20-12)9-3-2-4-10(16)6-9/h2-6,11H,7H2,1H3,(H,17,19)/t11-/m1/s1. The number of ether oxygens (including phenoxy) is 1. The number of aryl methyl sites for hydroxylation is 1. The van der Waals surface area contributed by atoms with Gasteiger partial charge in [-0.05, 0) is 24.6 Å². The van der Waals surface area contributed by atoms with Crippen LogP contribution in [0.1, 0.15) is 29.2 Å². The van der Waals surface area contributed by atoms with E-state index in [4.69, 9.17) is 4.74 Å². The van der Waals surface area contributed by atoms with E-state index < -0.39 is 0 Å². The molecule has 0 bridgehead atoms. The molecule has 3 rings (SSSR count). The summed E-state index contributed by atoms with van der Waals surface area (Å²) in [5.41, 5.74) is 1.92. The average molecular weight is 334 g/mol. The number of hydrogen-bond acceptors (Lipinski definition) is 3. The third kappa shape index (κ3) is 2.29. The van der Waals surface area contributed by atoms with Crippen LogP contribution in [0.2, 0.25) is 0 Å². The molecule has 1 aromatic carbocycles. The van der Waals surface area contributed by atoms with Gasteiger partial charge in [-0.15, -0.1) is 0 Å². The predicted octanol–water partition coefficient (Wildman–Crippen LogP) is 2.89. The van der Waals surface area contributed by atoms with E-state index in [-0.39, 0.29) is 23.9 Å². The minimum absolute atomic E-state index is 0.176. The van der Waals surface area contributed by atoms with Gasteiger partial charge in [0, 0.05) is 22.2 Å². The summed E-state index contributed by atoms with van der Waals surface area (Å²) in [5.74, 6) is -0.215. The Bertz CT molecular complexity index is 751. The molecular formula is C15H12BrNO3. The smallest absolute Gasteiger partial charge is 0.312 e. The zero-order valence-electron chi connectivity index (χ0n) is 10.8. The molecule has 20 heavy (non-hydrogen) atoms. The maximum absolute atomic E-state index is 12.2. The summed E-state index contributed by atoms with van der Waals surface area (Å²) in [6.07, 6.45) is 0.176.